The number of hydrogen-bond acceptors (Lipinski definition) is 5. The van der Waals surface area contributed by atoms with E-state index in [9.17, 15) is 14.7 Å². The van der Waals surface area contributed by atoms with Gasteiger partial charge in [0.1, 0.15) is 6.04 Å². The van der Waals surface area contributed by atoms with E-state index >= 15 is 0 Å². The fourth-order valence-corrected chi connectivity index (χ4v) is 3.64. The number of benzene rings is 1. The molecule has 3 heterocycles. The largest absolute Gasteiger partial charge is 0.480 e. The molecule has 0 aliphatic carbocycles. The van der Waals surface area contributed by atoms with Crippen LogP contribution in [0.5, 0.6) is 0 Å². The van der Waals surface area contributed by atoms with Gasteiger partial charge in [-0.25, -0.2) is 14.3 Å². The highest BCUT2D eigenvalue weighted by Crippen LogP contribution is 2.24. The second kappa shape index (κ2) is 7.61. The number of rotatable bonds is 6. The number of nitrogens with zero attached hydrogens (tertiary/aromatic N) is 3. The zero-order valence-corrected chi connectivity index (χ0v) is 15.5. The van der Waals surface area contributed by atoms with Gasteiger partial charge in [-0.1, -0.05) is 36.4 Å². The highest BCUT2D eigenvalue weighted by Gasteiger charge is 2.23. The smallest absolute Gasteiger partial charge is 0.326 e. The molecule has 1 amide bonds. The molecular weight excluding hydrogens is 376 g/mol. The van der Waals surface area contributed by atoms with Crippen LogP contribution in [0.4, 0.5) is 0 Å². The molecular formula is C20H16N4O3S. The van der Waals surface area contributed by atoms with E-state index in [4.69, 9.17) is 0 Å². The first kappa shape index (κ1) is 17.9. The van der Waals surface area contributed by atoms with Crippen molar-refractivity contribution in [2.75, 3.05) is 0 Å². The van der Waals surface area contributed by atoms with E-state index in [0.29, 0.717) is 5.65 Å². The molecule has 0 radical (unpaired) electrons. The van der Waals surface area contributed by atoms with E-state index in [0.717, 1.165) is 16.1 Å². The maximum Gasteiger partial charge on any atom is 0.326 e. The Hall–Kier alpha value is -3.52. The first-order chi connectivity index (χ1) is 13.6. The van der Waals surface area contributed by atoms with E-state index in [2.05, 4.69) is 15.4 Å². The first-order valence-corrected chi connectivity index (χ1v) is 9.46. The van der Waals surface area contributed by atoms with E-state index in [1.165, 1.54) is 0 Å². The highest BCUT2D eigenvalue weighted by molar-refractivity contribution is 7.13. The zero-order chi connectivity index (χ0) is 19.5. The van der Waals surface area contributed by atoms with E-state index in [1.807, 2.05) is 53.9 Å². The van der Waals surface area contributed by atoms with Crippen molar-refractivity contribution in [1.82, 2.24) is 19.9 Å². The molecule has 0 saturated heterocycles. The lowest BCUT2D eigenvalue weighted by Crippen LogP contribution is -2.42. The minimum Gasteiger partial charge on any atom is -0.480 e. The highest BCUT2D eigenvalue weighted by atomic mass is 32.1. The fraction of sp³-hybridized carbons (Fsp3) is 0.100. The molecule has 0 unspecified atom stereocenters. The van der Waals surface area contributed by atoms with Gasteiger partial charge in [-0.05, 0) is 23.1 Å². The van der Waals surface area contributed by atoms with Gasteiger partial charge in [0.2, 0.25) is 0 Å². The van der Waals surface area contributed by atoms with Gasteiger partial charge in [-0.2, -0.15) is 5.10 Å². The van der Waals surface area contributed by atoms with Crippen molar-refractivity contribution in [2.24, 2.45) is 0 Å². The summed E-state index contributed by atoms with van der Waals surface area (Å²) < 4.78 is 1.59. The number of carbonyl (C=O) groups excluding carboxylic acids is 1. The van der Waals surface area contributed by atoms with E-state index in [1.54, 1.807) is 28.1 Å². The van der Waals surface area contributed by atoms with Crippen molar-refractivity contribution >= 4 is 28.9 Å². The van der Waals surface area contributed by atoms with Crippen LogP contribution in [0.3, 0.4) is 0 Å². The summed E-state index contributed by atoms with van der Waals surface area (Å²) in [6.07, 6.45) is 1.84. The van der Waals surface area contributed by atoms with Crippen molar-refractivity contribution in [3.05, 3.63) is 77.4 Å². The molecule has 0 spiro atoms. The molecule has 1 atom stereocenters. The number of aromatic nitrogens is 3. The van der Waals surface area contributed by atoms with Crippen molar-refractivity contribution in [3.8, 4) is 10.6 Å². The summed E-state index contributed by atoms with van der Waals surface area (Å²) in [6, 6.07) is 15.4. The van der Waals surface area contributed by atoms with E-state index < -0.39 is 17.9 Å². The number of carboxylic acid groups (broad SMARTS) is 1. The monoisotopic (exact) mass is 392 g/mol. The summed E-state index contributed by atoms with van der Waals surface area (Å²) in [7, 11) is 0. The summed E-state index contributed by atoms with van der Waals surface area (Å²) in [5.41, 5.74) is 2.28. The molecule has 3 aromatic heterocycles. The molecule has 0 aliphatic heterocycles. The van der Waals surface area contributed by atoms with Crippen molar-refractivity contribution in [1.29, 1.82) is 0 Å². The average molecular weight is 392 g/mol. The van der Waals surface area contributed by atoms with Crippen LogP contribution in [0.25, 0.3) is 16.2 Å². The van der Waals surface area contributed by atoms with Crippen LogP contribution in [0.15, 0.2) is 66.2 Å². The Morgan fingerprint density at radius 1 is 1.14 bits per heavy atom. The van der Waals surface area contributed by atoms with Gasteiger partial charge in [0.15, 0.2) is 11.3 Å². The topological polar surface area (TPSA) is 96.6 Å². The lowest BCUT2D eigenvalue weighted by atomic mass is 10.1. The predicted molar refractivity (Wildman–Crippen MR) is 105 cm³/mol. The molecule has 4 rings (SSSR count). The normalized spacial score (nSPS) is 12.0. The van der Waals surface area contributed by atoms with Crippen LogP contribution in [0, 0.1) is 0 Å². The van der Waals surface area contributed by atoms with Crippen molar-refractivity contribution in [3.63, 3.8) is 0 Å². The van der Waals surface area contributed by atoms with Crippen LogP contribution in [0.2, 0.25) is 0 Å². The average Bonchev–Trinajstić information content (AvgIpc) is 3.37. The van der Waals surface area contributed by atoms with Crippen LogP contribution in [0.1, 0.15) is 16.1 Å². The second-order valence-electron chi connectivity index (χ2n) is 6.16. The van der Waals surface area contributed by atoms with Crippen LogP contribution < -0.4 is 5.32 Å². The molecule has 2 N–H and O–H groups in total. The molecule has 0 bridgehead atoms. The maximum absolute atomic E-state index is 12.6. The van der Waals surface area contributed by atoms with Crippen LogP contribution >= 0.6 is 11.3 Å². The van der Waals surface area contributed by atoms with E-state index in [-0.39, 0.29) is 12.1 Å². The molecule has 0 fully saturated rings. The maximum atomic E-state index is 12.6. The number of carbonyl (C=O) groups is 2. The van der Waals surface area contributed by atoms with Crippen LogP contribution in [-0.2, 0) is 11.2 Å². The Balaban J connectivity index is 1.59. The molecule has 0 saturated carbocycles. The quantitative estimate of drug-likeness (QED) is 0.526. The molecule has 4 aromatic rings. The Bertz CT molecular complexity index is 1120. The molecule has 1 aromatic carbocycles. The fourth-order valence-electron chi connectivity index (χ4n) is 2.90. The third-order valence-electron chi connectivity index (χ3n) is 4.25. The number of hydrogen-bond donors (Lipinski definition) is 2. The minimum atomic E-state index is -1.10. The predicted octanol–water partition coefficient (Wildman–Crippen LogP) is 2.88. The Kier molecular flexibility index (Phi) is 4.86. The molecule has 28 heavy (non-hydrogen) atoms. The van der Waals surface area contributed by atoms with Crippen LogP contribution in [-0.4, -0.2) is 37.6 Å². The van der Waals surface area contributed by atoms with Gasteiger partial charge in [0.05, 0.1) is 10.6 Å². The molecule has 0 aliphatic rings. The number of carboxylic acids is 1. The third kappa shape index (κ3) is 3.63. The number of aliphatic carboxylic acids is 1. The summed E-state index contributed by atoms with van der Waals surface area (Å²) in [4.78, 5) is 29.5. The molecule has 140 valence electrons. The van der Waals surface area contributed by atoms with Gasteiger partial charge < -0.3 is 10.4 Å². The van der Waals surface area contributed by atoms with Gasteiger partial charge >= 0.3 is 5.97 Å². The Morgan fingerprint density at radius 2 is 1.96 bits per heavy atom. The zero-order valence-electron chi connectivity index (χ0n) is 14.6. The Morgan fingerprint density at radius 3 is 2.68 bits per heavy atom. The molecule has 7 nitrogen and oxygen atoms in total. The lowest BCUT2D eigenvalue weighted by Gasteiger charge is -2.13. The Labute approximate surface area is 164 Å². The van der Waals surface area contributed by atoms with Crippen molar-refractivity contribution in [2.45, 2.75) is 12.5 Å². The van der Waals surface area contributed by atoms with Gasteiger partial charge in [0.25, 0.3) is 5.91 Å². The lowest BCUT2D eigenvalue weighted by molar-refractivity contribution is -0.139. The number of fused-ring (bicyclic) bond motifs is 1. The van der Waals surface area contributed by atoms with Gasteiger partial charge in [0, 0.05) is 18.7 Å². The minimum absolute atomic E-state index is 0.121. The number of amides is 1. The molecule has 8 heteroatoms. The van der Waals surface area contributed by atoms with Crippen molar-refractivity contribution < 1.29 is 14.7 Å². The second-order valence-corrected chi connectivity index (χ2v) is 7.11. The summed E-state index contributed by atoms with van der Waals surface area (Å²) in [6.45, 7) is 0. The first-order valence-electron chi connectivity index (χ1n) is 8.58. The SMILES string of the molecule is O=C(N[C@@H](Cc1ccccc1)C(=O)O)c1cc2nccc(-c3cccs3)n2n1. The summed E-state index contributed by atoms with van der Waals surface area (Å²) in [5, 5.41) is 18.3. The summed E-state index contributed by atoms with van der Waals surface area (Å²) >= 11 is 1.56. The number of thiophene rings is 1. The standard InChI is InChI=1S/C20H16N4O3S/c25-19(22-15(20(26)27)11-13-5-2-1-3-6-13)14-12-18-21-9-8-16(24(18)23-14)17-7-4-10-28-17/h1-10,12,15H,11H2,(H,22,25)(H,26,27)/t15-/m0/s1. The van der Waals surface area contributed by atoms with Gasteiger partial charge in [-0.3, -0.25) is 4.79 Å². The number of nitrogens with one attached hydrogen (secondary N) is 1. The van der Waals surface area contributed by atoms with Gasteiger partial charge in [-0.15, -0.1) is 11.3 Å². The third-order valence-corrected chi connectivity index (χ3v) is 5.14. The summed E-state index contributed by atoms with van der Waals surface area (Å²) in [5.74, 6) is -1.65.